The van der Waals surface area contributed by atoms with Gasteiger partial charge in [-0.3, -0.25) is 9.59 Å². The molecule has 1 heterocycles. The van der Waals surface area contributed by atoms with E-state index in [1.54, 1.807) is 11.0 Å². The number of carbonyl (C=O) groups excluding carboxylic acids is 2. The van der Waals surface area contributed by atoms with Crippen molar-refractivity contribution in [1.29, 1.82) is 0 Å². The predicted molar refractivity (Wildman–Crippen MR) is 69.1 cm³/mol. The zero-order valence-electron chi connectivity index (χ0n) is 10.4. The molecule has 3 N–H and O–H groups in total. The van der Waals surface area contributed by atoms with Crippen LogP contribution in [-0.4, -0.2) is 36.3 Å². The topological polar surface area (TPSA) is 75.4 Å². The quantitative estimate of drug-likeness (QED) is 0.711. The Kier molecular flexibility index (Phi) is 3.50. The van der Waals surface area contributed by atoms with Crippen LogP contribution in [0.1, 0.15) is 22.3 Å². The number of nitrogen functional groups attached to an aromatic ring is 1. The van der Waals surface area contributed by atoms with Crippen molar-refractivity contribution >= 4 is 17.5 Å². The Hall–Kier alpha value is -2.04. The molecule has 0 bridgehead atoms. The zero-order valence-corrected chi connectivity index (χ0v) is 10.4. The normalized spacial score (nSPS) is 16.1. The number of nitrogens with zero attached hydrogens (tertiary/aromatic N) is 1. The van der Waals surface area contributed by atoms with Crippen LogP contribution in [0.3, 0.4) is 0 Å². The van der Waals surface area contributed by atoms with E-state index in [0.29, 0.717) is 37.3 Å². The van der Waals surface area contributed by atoms with E-state index in [0.717, 1.165) is 5.56 Å². The minimum Gasteiger partial charge on any atom is -0.398 e. The summed E-state index contributed by atoms with van der Waals surface area (Å²) in [5, 5.41) is 2.75. The summed E-state index contributed by atoms with van der Waals surface area (Å²) in [7, 11) is 0. The van der Waals surface area contributed by atoms with Crippen LogP contribution in [-0.2, 0) is 4.79 Å². The first-order chi connectivity index (χ1) is 8.59. The van der Waals surface area contributed by atoms with E-state index in [1.165, 1.54) is 0 Å². The number of hydrogen-bond acceptors (Lipinski definition) is 3. The van der Waals surface area contributed by atoms with Crippen molar-refractivity contribution in [3.8, 4) is 0 Å². The molecule has 2 amide bonds. The summed E-state index contributed by atoms with van der Waals surface area (Å²) < 4.78 is 0. The lowest BCUT2D eigenvalue weighted by atomic mass is 10.1. The Morgan fingerprint density at radius 2 is 2.17 bits per heavy atom. The van der Waals surface area contributed by atoms with Crippen molar-refractivity contribution in [1.82, 2.24) is 10.2 Å². The first-order valence-corrected chi connectivity index (χ1v) is 6.00. The minimum atomic E-state index is -0.0953. The molecular weight excluding hydrogens is 230 g/mol. The Labute approximate surface area is 106 Å². The molecule has 2 rings (SSSR count). The monoisotopic (exact) mass is 247 g/mol. The Balaban J connectivity index is 2.23. The van der Waals surface area contributed by atoms with Crippen molar-refractivity contribution in [2.75, 3.05) is 25.4 Å². The third-order valence-corrected chi connectivity index (χ3v) is 3.12. The maximum absolute atomic E-state index is 12.4. The molecule has 5 nitrogen and oxygen atoms in total. The van der Waals surface area contributed by atoms with Crippen molar-refractivity contribution in [2.45, 2.75) is 13.3 Å². The van der Waals surface area contributed by atoms with E-state index in [4.69, 9.17) is 5.73 Å². The number of rotatable bonds is 1. The summed E-state index contributed by atoms with van der Waals surface area (Å²) in [6.45, 7) is 3.33. The maximum Gasteiger partial charge on any atom is 0.256 e. The first-order valence-electron chi connectivity index (χ1n) is 6.00. The largest absolute Gasteiger partial charge is 0.398 e. The van der Waals surface area contributed by atoms with Crippen molar-refractivity contribution < 1.29 is 9.59 Å². The first kappa shape index (κ1) is 12.4. The molecule has 0 spiro atoms. The van der Waals surface area contributed by atoms with Crippen molar-refractivity contribution in [2.24, 2.45) is 0 Å². The number of benzene rings is 1. The summed E-state index contributed by atoms with van der Waals surface area (Å²) in [6, 6.07) is 5.42. The Morgan fingerprint density at radius 3 is 2.89 bits per heavy atom. The van der Waals surface area contributed by atoms with Gasteiger partial charge in [0.15, 0.2) is 0 Å². The van der Waals surface area contributed by atoms with E-state index < -0.39 is 0 Å². The van der Waals surface area contributed by atoms with Crippen LogP contribution in [0.25, 0.3) is 0 Å². The lowest BCUT2D eigenvalue weighted by Gasteiger charge is -2.21. The van der Waals surface area contributed by atoms with Crippen LogP contribution in [0.15, 0.2) is 18.2 Å². The van der Waals surface area contributed by atoms with Crippen LogP contribution in [0, 0.1) is 6.92 Å². The molecule has 0 radical (unpaired) electrons. The maximum atomic E-state index is 12.4. The van der Waals surface area contributed by atoms with Gasteiger partial charge in [0.25, 0.3) is 5.91 Å². The smallest absolute Gasteiger partial charge is 0.256 e. The fraction of sp³-hybridized carbons (Fsp3) is 0.385. The lowest BCUT2D eigenvalue weighted by Crippen LogP contribution is -2.35. The second kappa shape index (κ2) is 5.08. The minimum absolute atomic E-state index is 0.0111. The number of amides is 2. The molecule has 0 atom stereocenters. The van der Waals surface area contributed by atoms with Crippen LogP contribution in [0.5, 0.6) is 0 Å². The molecule has 1 aliphatic rings. The molecule has 0 unspecified atom stereocenters. The highest BCUT2D eigenvalue weighted by Gasteiger charge is 2.22. The second-order valence-corrected chi connectivity index (χ2v) is 4.43. The second-order valence-electron chi connectivity index (χ2n) is 4.43. The molecule has 1 saturated heterocycles. The summed E-state index contributed by atoms with van der Waals surface area (Å²) in [5.74, 6) is -0.106. The number of nitrogens with one attached hydrogen (secondary N) is 1. The van der Waals surface area contributed by atoms with Gasteiger partial charge in [-0.15, -0.1) is 0 Å². The highest BCUT2D eigenvalue weighted by atomic mass is 16.2. The lowest BCUT2D eigenvalue weighted by molar-refractivity contribution is -0.120. The summed E-state index contributed by atoms with van der Waals surface area (Å²) >= 11 is 0. The Bertz CT molecular complexity index is 465. The summed E-state index contributed by atoms with van der Waals surface area (Å²) in [5.41, 5.74) is 7.77. The molecule has 0 saturated carbocycles. The van der Waals surface area contributed by atoms with Crippen LogP contribution in [0.4, 0.5) is 5.69 Å². The van der Waals surface area contributed by atoms with Gasteiger partial charge in [-0.25, -0.2) is 0 Å². The average molecular weight is 247 g/mol. The number of nitrogens with two attached hydrogens (primary N) is 1. The molecule has 1 aromatic carbocycles. The van der Waals surface area contributed by atoms with E-state index in [9.17, 15) is 9.59 Å². The molecule has 1 aromatic rings. The summed E-state index contributed by atoms with van der Waals surface area (Å²) in [6.07, 6.45) is 0.345. The molecule has 1 aliphatic heterocycles. The van der Waals surface area contributed by atoms with Crippen LogP contribution < -0.4 is 11.1 Å². The van der Waals surface area contributed by atoms with Crippen LogP contribution >= 0.6 is 0 Å². The van der Waals surface area contributed by atoms with Crippen molar-refractivity contribution in [3.63, 3.8) is 0 Å². The van der Waals surface area contributed by atoms with Gasteiger partial charge in [0, 0.05) is 31.7 Å². The van der Waals surface area contributed by atoms with Gasteiger partial charge in [-0.1, -0.05) is 12.1 Å². The number of aryl methyl sites for hydroxylation is 1. The van der Waals surface area contributed by atoms with E-state index in [1.807, 2.05) is 19.1 Å². The van der Waals surface area contributed by atoms with Gasteiger partial charge in [0.05, 0.1) is 5.56 Å². The average Bonchev–Trinajstić information content (AvgIpc) is 2.53. The van der Waals surface area contributed by atoms with Gasteiger partial charge >= 0.3 is 0 Å². The molecule has 18 heavy (non-hydrogen) atoms. The van der Waals surface area contributed by atoms with Crippen molar-refractivity contribution in [3.05, 3.63) is 29.3 Å². The fourth-order valence-corrected chi connectivity index (χ4v) is 2.11. The van der Waals surface area contributed by atoms with Gasteiger partial charge in [-0.2, -0.15) is 0 Å². The SMILES string of the molecule is Cc1cccc(N)c1C(=O)N1CCNC(=O)CC1. The van der Waals surface area contributed by atoms with Crippen LogP contribution in [0.2, 0.25) is 0 Å². The van der Waals surface area contributed by atoms with E-state index in [-0.39, 0.29) is 11.8 Å². The molecule has 0 aromatic heterocycles. The van der Waals surface area contributed by atoms with Gasteiger partial charge in [-0.05, 0) is 18.6 Å². The number of carbonyl (C=O) groups is 2. The fourth-order valence-electron chi connectivity index (χ4n) is 2.11. The third kappa shape index (κ3) is 2.45. The van der Waals surface area contributed by atoms with Gasteiger partial charge < -0.3 is 16.0 Å². The Morgan fingerprint density at radius 1 is 1.39 bits per heavy atom. The molecular formula is C13H17N3O2. The number of anilines is 1. The van der Waals surface area contributed by atoms with Gasteiger partial charge in [0.2, 0.25) is 5.91 Å². The molecule has 96 valence electrons. The molecule has 1 fully saturated rings. The van der Waals surface area contributed by atoms with E-state index >= 15 is 0 Å². The third-order valence-electron chi connectivity index (χ3n) is 3.12. The van der Waals surface area contributed by atoms with Gasteiger partial charge in [0.1, 0.15) is 0 Å². The standard InChI is InChI=1S/C13H17N3O2/c1-9-3-2-4-10(14)12(9)13(18)16-7-5-11(17)15-6-8-16/h2-4H,5-8,14H2,1H3,(H,15,17). The summed E-state index contributed by atoms with van der Waals surface area (Å²) in [4.78, 5) is 25.3. The molecule has 0 aliphatic carbocycles. The van der Waals surface area contributed by atoms with E-state index in [2.05, 4.69) is 5.32 Å². The molecule has 5 heteroatoms. The highest BCUT2D eigenvalue weighted by molar-refractivity contribution is 6.00. The zero-order chi connectivity index (χ0) is 13.1. The highest BCUT2D eigenvalue weighted by Crippen LogP contribution is 2.19. The number of hydrogen-bond donors (Lipinski definition) is 2. The predicted octanol–water partition coefficient (Wildman–Crippen LogP) is 0.539.